The van der Waals surface area contributed by atoms with Crippen molar-refractivity contribution in [2.24, 2.45) is 0 Å². The van der Waals surface area contributed by atoms with Crippen molar-refractivity contribution in [2.75, 3.05) is 6.54 Å². The largest absolute Gasteiger partial charge is 0.489 e. The van der Waals surface area contributed by atoms with Gasteiger partial charge in [-0.05, 0) is 37.2 Å². The van der Waals surface area contributed by atoms with Crippen LogP contribution in [0.3, 0.4) is 0 Å². The van der Waals surface area contributed by atoms with E-state index in [1.54, 1.807) is 24.5 Å². The van der Waals surface area contributed by atoms with Gasteiger partial charge in [0.25, 0.3) is 0 Å². The molecule has 0 aliphatic heterocycles. The summed E-state index contributed by atoms with van der Waals surface area (Å²) in [5.74, 6) is 1.54. The first-order valence-electron chi connectivity index (χ1n) is 6.54. The Bertz CT molecular complexity index is 534. The van der Waals surface area contributed by atoms with Crippen LogP contribution in [0.5, 0.6) is 5.75 Å². The molecule has 2 aromatic rings. The van der Waals surface area contributed by atoms with Gasteiger partial charge in [0.1, 0.15) is 18.1 Å². The highest BCUT2D eigenvalue weighted by Gasteiger charge is 2.07. The molecular formula is C15H17Cl2NO2. The second kappa shape index (κ2) is 7.58. The number of rotatable bonds is 7. The molecule has 0 atom stereocenters. The fourth-order valence-electron chi connectivity index (χ4n) is 1.80. The van der Waals surface area contributed by atoms with Crippen molar-refractivity contribution in [1.82, 2.24) is 5.32 Å². The molecular weight excluding hydrogens is 297 g/mol. The Morgan fingerprint density at radius 3 is 2.65 bits per heavy atom. The van der Waals surface area contributed by atoms with Crippen molar-refractivity contribution in [3.05, 3.63) is 51.9 Å². The Balaban J connectivity index is 1.95. The molecule has 1 aromatic heterocycles. The normalized spacial score (nSPS) is 10.8. The molecule has 0 fully saturated rings. The highest BCUT2D eigenvalue weighted by Crippen LogP contribution is 2.25. The molecule has 0 unspecified atom stereocenters. The molecule has 0 radical (unpaired) electrons. The molecule has 3 nitrogen and oxygen atoms in total. The molecule has 1 heterocycles. The summed E-state index contributed by atoms with van der Waals surface area (Å²) >= 11 is 11.9. The Morgan fingerprint density at radius 1 is 1.20 bits per heavy atom. The number of ether oxygens (including phenoxy) is 1. The van der Waals surface area contributed by atoms with E-state index in [4.69, 9.17) is 32.4 Å². The smallest absolute Gasteiger partial charge is 0.124 e. The fourth-order valence-corrected chi connectivity index (χ4v) is 2.31. The monoisotopic (exact) mass is 313 g/mol. The molecule has 108 valence electrons. The number of benzene rings is 1. The zero-order chi connectivity index (χ0) is 14.4. The summed E-state index contributed by atoms with van der Waals surface area (Å²) in [4.78, 5) is 0. The van der Waals surface area contributed by atoms with Gasteiger partial charge in [-0.15, -0.1) is 0 Å². The van der Waals surface area contributed by atoms with Crippen LogP contribution in [0, 0.1) is 0 Å². The molecule has 0 amide bonds. The lowest BCUT2D eigenvalue weighted by atomic mass is 10.2. The predicted molar refractivity (Wildman–Crippen MR) is 81.5 cm³/mol. The number of furan rings is 1. The summed E-state index contributed by atoms with van der Waals surface area (Å²) in [6, 6.07) is 7.06. The van der Waals surface area contributed by atoms with E-state index in [9.17, 15) is 0 Å². The SMILES string of the molecule is CCCNCc1occc1COc1cc(Cl)cc(Cl)c1. The van der Waals surface area contributed by atoms with Crippen molar-refractivity contribution in [2.45, 2.75) is 26.5 Å². The van der Waals surface area contributed by atoms with Gasteiger partial charge in [-0.25, -0.2) is 0 Å². The predicted octanol–water partition coefficient (Wildman–Crippen LogP) is 4.67. The lowest BCUT2D eigenvalue weighted by molar-refractivity contribution is 0.301. The standard InChI is InChI=1S/C15H17Cl2NO2/c1-2-4-18-9-15-11(3-5-19-15)10-20-14-7-12(16)6-13(17)8-14/h3,5-8,18H,2,4,9-10H2,1H3. The third-order valence-electron chi connectivity index (χ3n) is 2.78. The first-order chi connectivity index (χ1) is 9.69. The molecule has 0 aliphatic rings. The van der Waals surface area contributed by atoms with Gasteiger partial charge >= 0.3 is 0 Å². The fraction of sp³-hybridized carbons (Fsp3) is 0.333. The summed E-state index contributed by atoms with van der Waals surface area (Å²) in [6.07, 6.45) is 2.76. The molecule has 0 saturated heterocycles. The van der Waals surface area contributed by atoms with Crippen LogP contribution < -0.4 is 10.1 Å². The van der Waals surface area contributed by atoms with Gasteiger partial charge in [0.2, 0.25) is 0 Å². The average molecular weight is 314 g/mol. The van der Waals surface area contributed by atoms with E-state index in [1.807, 2.05) is 6.07 Å². The third-order valence-corrected chi connectivity index (χ3v) is 3.22. The maximum Gasteiger partial charge on any atom is 0.124 e. The maximum absolute atomic E-state index is 5.93. The van der Waals surface area contributed by atoms with Gasteiger partial charge in [0, 0.05) is 15.6 Å². The van der Waals surface area contributed by atoms with Crippen molar-refractivity contribution in [3.63, 3.8) is 0 Å². The summed E-state index contributed by atoms with van der Waals surface area (Å²) in [7, 11) is 0. The molecule has 0 bridgehead atoms. The van der Waals surface area contributed by atoms with Gasteiger partial charge < -0.3 is 14.5 Å². The Hall–Kier alpha value is -1.16. The first kappa shape index (κ1) is 15.2. The van der Waals surface area contributed by atoms with E-state index in [-0.39, 0.29) is 0 Å². The highest BCUT2D eigenvalue weighted by molar-refractivity contribution is 6.34. The van der Waals surface area contributed by atoms with E-state index in [1.165, 1.54) is 0 Å². The summed E-state index contributed by atoms with van der Waals surface area (Å²) in [6.45, 7) is 4.22. The van der Waals surface area contributed by atoms with Gasteiger partial charge in [0.05, 0.1) is 12.8 Å². The van der Waals surface area contributed by atoms with Crippen LogP contribution in [0.25, 0.3) is 0 Å². The van der Waals surface area contributed by atoms with Crippen LogP contribution in [0.2, 0.25) is 10.0 Å². The van der Waals surface area contributed by atoms with E-state index < -0.39 is 0 Å². The Labute approximate surface area is 128 Å². The molecule has 20 heavy (non-hydrogen) atoms. The van der Waals surface area contributed by atoms with Crippen LogP contribution in [-0.2, 0) is 13.2 Å². The second-order valence-corrected chi connectivity index (χ2v) is 5.31. The van der Waals surface area contributed by atoms with E-state index in [0.717, 1.165) is 24.3 Å². The van der Waals surface area contributed by atoms with E-state index >= 15 is 0 Å². The zero-order valence-electron chi connectivity index (χ0n) is 11.3. The third kappa shape index (κ3) is 4.44. The topological polar surface area (TPSA) is 34.4 Å². The Kier molecular flexibility index (Phi) is 5.77. The number of hydrogen-bond acceptors (Lipinski definition) is 3. The van der Waals surface area contributed by atoms with E-state index in [2.05, 4.69) is 12.2 Å². The number of nitrogens with one attached hydrogen (secondary N) is 1. The summed E-state index contributed by atoms with van der Waals surface area (Å²) in [5, 5.41) is 4.42. The van der Waals surface area contributed by atoms with Crippen LogP contribution in [0.1, 0.15) is 24.7 Å². The molecule has 0 spiro atoms. The molecule has 2 rings (SSSR count). The van der Waals surface area contributed by atoms with Gasteiger partial charge in [0.15, 0.2) is 0 Å². The van der Waals surface area contributed by atoms with Gasteiger partial charge in [-0.3, -0.25) is 0 Å². The second-order valence-electron chi connectivity index (χ2n) is 4.44. The molecule has 0 aliphatic carbocycles. The van der Waals surface area contributed by atoms with Crippen molar-refractivity contribution >= 4 is 23.2 Å². The molecule has 0 saturated carbocycles. The van der Waals surface area contributed by atoms with Gasteiger partial charge in [-0.1, -0.05) is 30.1 Å². The minimum atomic E-state index is 0.427. The van der Waals surface area contributed by atoms with E-state index in [0.29, 0.717) is 28.9 Å². The highest BCUT2D eigenvalue weighted by atomic mass is 35.5. The summed E-state index contributed by atoms with van der Waals surface area (Å²) < 4.78 is 11.2. The first-order valence-corrected chi connectivity index (χ1v) is 7.29. The maximum atomic E-state index is 5.93. The number of hydrogen-bond donors (Lipinski definition) is 1. The van der Waals surface area contributed by atoms with Crippen molar-refractivity contribution in [3.8, 4) is 5.75 Å². The lowest BCUT2D eigenvalue weighted by Gasteiger charge is -2.08. The van der Waals surface area contributed by atoms with Crippen molar-refractivity contribution < 1.29 is 9.15 Å². The summed E-state index contributed by atoms with van der Waals surface area (Å²) in [5.41, 5.74) is 1.02. The average Bonchev–Trinajstić information content (AvgIpc) is 2.83. The number of halogens is 2. The molecule has 1 aromatic carbocycles. The van der Waals surface area contributed by atoms with Crippen molar-refractivity contribution in [1.29, 1.82) is 0 Å². The van der Waals surface area contributed by atoms with Crippen LogP contribution in [-0.4, -0.2) is 6.54 Å². The molecule has 1 N–H and O–H groups in total. The minimum absolute atomic E-state index is 0.427. The quantitative estimate of drug-likeness (QED) is 0.755. The zero-order valence-corrected chi connectivity index (χ0v) is 12.8. The lowest BCUT2D eigenvalue weighted by Crippen LogP contribution is -2.14. The minimum Gasteiger partial charge on any atom is -0.489 e. The van der Waals surface area contributed by atoms with Gasteiger partial charge in [-0.2, -0.15) is 0 Å². The Morgan fingerprint density at radius 2 is 1.95 bits per heavy atom. The van der Waals surface area contributed by atoms with Crippen LogP contribution >= 0.6 is 23.2 Å². The van der Waals surface area contributed by atoms with Crippen LogP contribution in [0.4, 0.5) is 0 Å². The van der Waals surface area contributed by atoms with Crippen LogP contribution in [0.15, 0.2) is 34.9 Å². The molecule has 5 heteroatoms.